The van der Waals surface area contributed by atoms with Crippen molar-refractivity contribution in [2.24, 2.45) is 0 Å². The molecule has 0 amide bonds. The van der Waals surface area contributed by atoms with Crippen LogP contribution in [0, 0.1) is 0 Å². The van der Waals surface area contributed by atoms with E-state index in [1.54, 1.807) is 0 Å². The lowest BCUT2D eigenvalue weighted by molar-refractivity contribution is 0.620. The fraction of sp³-hybridized carbons (Fsp3) is 0.188. The minimum Gasteiger partial charge on any atom is -0.357 e. The van der Waals surface area contributed by atoms with E-state index in [0.29, 0.717) is 0 Å². The standard InChI is InChI=1S/C16H14N2/c1-16(2)14-11(7-5-9-17-14)13-10-6-3-4-8-12(10)18-15(13)16/h3-9,18H,1-2H3. The zero-order valence-electron chi connectivity index (χ0n) is 10.5. The molecule has 0 atom stereocenters. The Bertz CT molecular complexity index is 766. The summed E-state index contributed by atoms with van der Waals surface area (Å²) in [6, 6.07) is 12.7. The van der Waals surface area contributed by atoms with Crippen LogP contribution in [0.5, 0.6) is 0 Å². The summed E-state index contributed by atoms with van der Waals surface area (Å²) >= 11 is 0. The Morgan fingerprint density at radius 1 is 1.06 bits per heavy atom. The third-order valence-electron chi connectivity index (χ3n) is 4.00. The molecular formula is C16H14N2. The van der Waals surface area contributed by atoms with E-state index in [0.717, 1.165) is 0 Å². The average molecular weight is 234 g/mol. The van der Waals surface area contributed by atoms with E-state index < -0.39 is 0 Å². The Labute approximate surface area is 106 Å². The summed E-state index contributed by atoms with van der Waals surface area (Å²) in [6.07, 6.45) is 1.88. The lowest BCUT2D eigenvalue weighted by Crippen LogP contribution is -2.17. The van der Waals surface area contributed by atoms with Gasteiger partial charge in [0.05, 0.1) is 5.69 Å². The molecule has 0 bridgehead atoms. The van der Waals surface area contributed by atoms with Crippen LogP contribution in [-0.2, 0) is 5.41 Å². The minimum absolute atomic E-state index is 0.0368. The first-order valence-corrected chi connectivity index (χ1v) is 6.26. The van der Waals surface area contributed by atoms with Gasteiger partial charge in [-0.3, -0.25) is 4.98 Å². The SMILES string of the molecule is CC1(C)c2ncccc2-c2c1[nH]c1ccccc21. The minimum atomic E-state index is -0.0368. The molecule has 0 fully saturated rings. The number of H-pyrrole nitrogens is 1. The average Bonchev–Trinajstić information content (AvgIpc) is 2.87. The van der Waals surface area contributed by atoms with Crippen LogP contribution in [0.1, 0.15) is 25.2 Å². The largest absolute Gasteiger partial charge is 0.357 e. The van der Waals surface area contributed by atoms with Crippen molar-refractivity contribution < 1.29 is 0 Å². The molecule has 0 radical (unpaired) electrons. The van der Waals surface area contributed by atoms with Crippen molar-refractivity contribution in [3.63, 3.8) is 0 Å². The highest BCUT2D eigenvalue weighted by molar-refractivity contribution is 6.01. The first kappa shape index (κ1) is 9.89. The summed E-state index contributed by atoms with van der Waals surface area (Å²) in [5, 5.41) is 1.30. The fourth-order valence-electron chi connectivity index (χ4n) is 3.11. The van der Waals surface area contributed by atoms with Gasteiger partial charge in [-0.25, -0.2) is 0 Å². The monoisotopic (exact) mass is 234 g/mol. The van der Waals surface area contributed by atoms with Crippen LogP contribution < -0.4 is 0 Å². The second kappa shape index (κ2) is 3.02. The zero-order chi connectivity index (χ0) is 12.3. The van der Waals surface area contributed by atoms with Gasteiger partial charge in [-0.15, -0.1) is 0 Å². The summed E-state index contributed by atoms with van der Waals surface area (Å²) in [4.78, 5) is 8.16. The van der Waals surface area contributed by atoms with Gasteiger partial charge in [0.15, 0.2) is 0 Å². The third kappa shape index (κ3) is 1.01. The van der Waals surface area contributed by atoms with Gasteiger partial charge in [0.2, 0.25) is 0 Å². The Kier molecular flexibility index (Phi) is 1.66. The predicted octanol–water partition coefficient (Wildman–Crippen LogP) is 3.87. The van der Waals surface area contributed by atoms with Crippen LogP contribution in [0.15, 0.2) is 42.6 Å². The third-order valence-corrected chi connectivity index (χ3v) is 4.00. The molecule has 0 saturated heterocycles. The summed E-state index contributed by atoms with van der Waals surface area (Å²) in [6.45, 7) is 4.47. The van der Waals surface area contributed by atoms with Crippen molar-refractivity contribution in [2.75, 3.05) is 0 Å². The molecule has 1 aliphatic rings. The predicted molar refractivity (Wildman–Crippen MR) is 73.7 cm³/mol. The number of hydrogen-bond acceptors (Lipinski definition) is 1. The number of para-hydroxylation sites is 1. The van der Waals surface area contributed by atoms with Gasteiger partial charge >= 0.3 is 0 Å². The number of nitrogens with zero attached hydrogens (tertiary/aromatic N) is 1. The lowest BCUT2D eigenvalue weighted by atomic mass is 9.89. The van der Waals surface area contributed by atoms with Crippen molar-refractivity contribution >= 4 is 10.9 Å². The van der Waals surface area contributed by atoms with Gasteiger partial charge in [0.25, 0.3) is 0 Å². The van der Waals surface area contributed by atoms with Crippen molar-refractivity contribution in [2.45, 2.75) is 19.3 Å². The van der Waals surface area contributed by atoms with Gasteiger partial charge in [-0.05, 0) is 26.0 Å². The molecule has 2 nitrogen and oxygen atoms in total. The number of aromatic nitrogens is 2. The second-order valence-electron chi connectivity index (χ2n) is 5.45. The van der Waals surface area contributed by atoms with E-state index >= 15 is 0 Å². The van der Waals surface area contributed by atoms with Gasteiger partial charge in [-0.1, -0.05) is 24.3 Å². The number of hydrogen-bond donors (Lipinski definition) is 1. The first-order chi connectivity index (χ1) is 8.69. The van der Waals surface area contributed by atoms with Crippen LogP contribution in [0.3, 0.4) is 0 Å². The smallest absolute Gasteiger partial charge is 0.0597 e. The molecule has 3 aromatic rings. The van der Waals surface area contributed by atoms with Gasteiger partial charge in [0, 0.05) is 39.3 Å². The molecule has 1 aliphatic carbocycles. The highest BCUT2D eigenvalue weighted by atomic mass is 14.8. The van der Waals surface area contributed by atoms with E-state index in [1.165, 1.54) is 33.4 Å². The lowest BCUT2D eigenvalue weighted by Gasteiger charge is -2.18. The number of rotatable bonds is 0. The number of benzene rings is 1. The van der Waals surface area contributed by atoms with E-state index in [4.69, 9.17) is 0 Å². The maximum absolute atomic E-state index is 4.59. The van der Waals surface area contributed by atoms with E-state index in [-0.39, 0.29) is 5.41 Å². The van der Waals surface area contributed by atoms with E-state index in [2.05, 4.69) is 54.1 Å². The number of aromatic amines is 1. The first-order valence-electron chi connectivity index (χ1n) is 6.26. The van der Waals surface area contributed by atoms with Gasteiger partial charge in [0.1, 0.15) is 0 Å². The van der Waals surface area contributed by atoms with Crippen LogP contribution in [0.4, 0.5) is 0 Å². The molecular weight excluding hydrogens is 220 g/mol. The summed E-state index contributed by atoms with van der Waals surface area (Å²) in [7, 11) is 0. The van der Waals surface area contributed by atoms with Crippen LogP contribution >= 0.6 is 0 Å². The zero-order valence-corrected chi connectivity index (χ0v) is 10.5. The molecule has 2 heterocycles. The molecule has 0 aliphatic heterocycles. The van der Waals surface area contributed by atoms with Crippen molar-refractivity contribution in [1.29, 1.82) is 0 Å². The van der Waals surface area contributed by atoms with Crippen LogP contribution in [-0.4, -0.2) is 9.97 Å². The van der Waals surface area contributed by atoms with E-state index in [9.17, 15) is 0 Å². The molecule has 18 heavy (non-hydrogen) atoms. The Morgan fingerprint density at radius 3 is 2.78 bits per heavy atom. The fourth-order valence-corrected chi connectivity index (χ4v) is 3.11. The highest BCUT2D eigenvalue weighted by Crippen LogP contribution is 2.49. The van der Waals surface area contributed by atoms with Crippen LogP contribution in [0.2, 0.25) is 0 Å². The molecule has 88 valence electrons. The Morgan fingerprint density at radius 2 is 1.89 bits per heavy atom. The molecule has 0 saturated carbocycles. The quantitative estimate of drug-likeness (QED) is 0.628. The maximum atomic E-state index is 4.59. The Hall–Kier alpha value is -2.09. The van der Waals surface area contributed by atoms with Crippen molar-refractivity contribution in [3.8, 4) is 11.1 Å². The molecule has 1 N–H and O–H groups in total. The molecule has 4 rings (SSSR count). The Balaban J connectivity index is 2.21. The van der Waals surface area contributed by atoms with Gasteiger partial charge < -0.3 is 4.98 Å². The molecule has 0 unspecified atom stereocenters. The second-order valence-corrected chi connectivity index (χ2v) is 5.45. The highest BCUT2D eigenvalue weighted by Gasteiger charge is 2.39. The normalized spacial score (nSPS) is 15.7. The topological polar surface area (TPSA) is 28.7 Å². The molecule has 2 aromatic heterocycles. The summed E-state index contributed by atoms with van der Waals surface area (Å²) < 4.78 is 0. The molecule has 1 aromatic carbocycles. The van der Waals surface area contributed by atoms with Crippen LogP contribution in [0.25, 0.3) is 22.0 Å². The van der Waals surface area contributed by atoms with E-state index in [1.807, 2.05) is 12.3 Å². The number of pyridine rings is 1. The number of fused-ring (bicyclic) bond motifs is 5. The molecule has 0 spiro atoms. The summed E-state index contributed by atoms with van der Waals surface area (Å²) in [5.41, 5.74) is 6.25. The maximum Gasteiger partial charge on any atom is 0.0597 e. The van der Waals surface area contributed by atoms with Crippen molar-refractivity contribution in [3.05, 3.63) is 54.0 Å². The van der Waals surface area contributed by atoms with Crippen molar-refractivity contribution in [1.82, 2.24) is 9.97 Å². The summed E-state index contributed by atoms with van der Waals surface area (Å²) in [5.74, 6) is 0. The molecule has 2 heteroatoms. The van der Waals surface area contributed by atoms with Gasteiger partial charge in [-0.2, -0.15) is 0 Å². The number of nitrogens with one attached hydrogen (secondary N) is 1.